The number of nitrogens with zero attached hydrogens (tertiary/aromatic N) is 1. The number of methoxy groups -OCH3 is 2. The second-order valence-electron chi connectivity index (χ2n) is 8.81. The summed E-state index contributed by atoms with van der Waals surface area (Å²) in [5.74, 6) is 0.618. The van der Waals surface area contributed by atoms with Crippen LogP contribution in [0.25, 0.3) is 0 Å². The molecule has 33 heavy (non-hydrogen) atoms. The van der Waals surface area contributed by atoms with E-state index in [9.17, 15) is 9.90 Å². The van der Waals surface area contributed by atoms with Gasteiger partial charge in [-0.15, -0.1) is 0 Å². The molecule has 180 valence electrons. The van der Waals surface area contributed by atoms with Crippen molar-refractivity contribution in [3.8, 4) is 11.5 Å². The maximum Gasteiger partial charge on any atom is 0.347 e. The Balaban J connectivity index is 0.00000193. The van der Waals surface area contributed by atoms with Crippen LogP contribution in [0.5, 0.6) is 11.5 Å². The lowest BCUT2D eigenvalue weighted by molar-refractivity contribution is -0.926. The molecular weight excluding hydrogens is 486 g/mol. The van der Waals surface area contributed by atoms with E-state index >= 15 is 0 Å². The summed E-state index contributed by atoms with van der Waals surface area (Å²) in [6.07, 6.45) is 5.68. The van der Waals surface area contributed by atoms with Gasteiger partial charge in [0.2, 0.25) is 5.60 Å². The Kier molecular flexibility index (Phi) is 8.38. The Morgan fingerprint density at radius 1 is 0.879 bits per heavy atom. The number of benzene rings is 2. The third-order valence-electron chi connectivity index (χ3n) is 6.86. The molecule has 4 rings (SSSR count). The van der Waals surface area contributed by atoms with Gasteiger partial charge in [0.1, 0.15) is 29.7 Å². The minimum atomic E-state index is -1.94. The van der Waals surface area contributed by atoms with Gasteiger partial charge in [-0.05, 0) is 47.5 Å². The smallest absolute Gasteiger partial charge is 0.347 e. The number of ether oxygens (including phenoxy) is 3. The standard InChI is InChI=1S/C25H30NO5.CH4.BrH/c1-26(2)19-9-10-20(26)16-23(15-19)31-24(27)25(28,17-5-11-21(29-3)12-6-17)18-7-13-22(30-4)14-8-18;;/h5-14,19-20,23,28H,15-16H2,1-4H3;1H4;1H/q+1;;/p-1/t19-,20?,23?;;/m1../s1. The van der Waals surface area contributed by atoms with Crippen LogP contribution in [0.3, 0.4) is 0 Å². The quantitative estimate of drug-likeness (QED) is 0.345. The molecule has 0 amide bonds. The third kappa shape index (κ3) is 4.81. The number of hydrogen-bond acceptors (Lipinski definition) is 5. The Hall–Kier alpha value is -2.35. The SMILES string of the molecule is C.COc1ccc(C(O)(C(=O)OC2CC3C=C[C@H](C2)[N+]3(C)C)c2ccc(OC)cc2)cc1.[Br-]. The average molecular weight is 520 g/mol. The largest absolute Gasteiger partial charge is 1.00 e. The minimum absolute atomic E-state index is 0. The molecule has 2 bridgehead atoms. The molecule has 0 aromatic heterocycles. The number of fused-ring (bicyclic) bond motifs is 2. The molecule has 1 fully saturated rings. The van der Waals surface area contributed by atoms with Gasteiger partial charge in [-0.25, -0.2) is 4.79 Å². The van der Waals surface area contributed by atoms with E-state index in [0.717, 1.165) is 17.3 Å². The van der Waals surface area contributed by atoms with Gasteiger partial charge in [0.25, 0.3) is 0 Å². The van der Waals surface area contributed by atoms with E-state index in [4.69, 9.17) is 14.2 Å². The number of likely N-dealkylation sites (N-methyl/N-ethyl adjacent to an activating group) is 1. The van der Waals surface area contributed by atoms with Gasteiger partial charge >= 0.3 is 5.97 Å². The zero-order chi connectivity index (χ0) is 22.2. The second-order valence-corrected chi connectivity index (χ2v) is 8.81. The summed E-state index contributed by atoms with van der Waals surface area (Å²) in [5.41, 5.74) is -1.08. The number of quaternary nitrogens is 1. The van der Waals surface area contributed by atoms with Crippen molar-refractivity contribution in [3.05, 3.63) is 71.8 Å². The third-order valence-corrected chi connectivity index (χ3v) is 6.86. The van der Waals surface area contributed by atoms with E-state index in [0.29, 0.717) is 34.7 Å². The monoisotopic (exact) mass is 519 g/mol. The number of halogens is 1. The minimum Gasteiger partial charge on any atom is -1.00 e. The summed E-state index contributed by atoms with van der Waals surface area (Å²) in [4.78, 5) is 13.5. The van der Waals surface area contributed by atoms with Crippen molar-refractivity contribution in [3.63, 3.8) is 0 Å². The normalized spacial score (nSPS) is 22.5. The average Bonchev–Trinajstić information content (AvgIpc) is 2.95. The molecule has 7 heteroatoms. The van der Waals surface area contributed by atoms with Gasteiger partial charge < -0.3 is 40.8 Å². The van der Waals surface area contributed by atoms with Gasteiger partial charge in [0, 0.05) is 12.8 Å². The van der Waals surface area contributed by atoms with E-state index in [1.54, 1.807) is 62.8 Å². The highest BCUT2D eigenvalue weighted by atomic mass is 79.9. The van der Waals surface area contributed by atoms with Crippen molar-refractivity contribution in [2.24, 2.45) is 0 Å². The molecule has 2 heterocycles. The van der Waals surface area contributed by atoms with Crippen molar-refractivity contribution in [2.45, 2.75) is 44.1 Å². The molecule has 6 nitrogen and oxygen atoms in total. The fourth-order valence-electron chi connectivity index (χ4n) is 4.68. The molecule has 2 unspecified atom stereocenters. The van der Waals surface area contributed by atoms with Crippen molar-refractivity contribution in [2.75, 3.05) is 28.3 Å². The molecule has 2 aromatic carbocycles. The summed E-state index contributed by atoms with van der Waals surface area (Å²) in [6.45, 7) is 0. The van der Waals surface area contributed by atoms with Gasteiger partial charge in [-0.1, -0.05) is 31.7 Å². The highest BCUT2D eigenvalue weighted by Crippen LogP contribution is 2.38. The summed E-state index contributed by atoms with van der Waals surface area (Å²) in [5, 5.41) is 11.8. The zero-order valence-electron chi connectivity index (χ0n) is 18.8. The lowest BCUT2D eigenvalue weighted by Gasteiger charge is -2.44. The van der Waals surface area contributed by atoms with E-state index < -0.39 is 11.6 Å². The number of rotatable bonds is 6. The fraction of sp³-hybridized carbons (Fsp3) is 0.423. The number of piperidine rings is 1. The summed E-state index contributed by atoms with van der Waals surface area (Å²) in [7, 11) is 7.56. The number of carbonyl (C=O) groups excluding carboxylic acids is 1. The predicted molar refractivity (Wildman–Crippen MR) is 124 cm³/mol. The first-order chi connectivity index (χ1) is 14.8. The van der Waals surface area contributed by atoms with Crippen LogP contribution in [0.15, 0.2) is 60.7 Å². The Bertz CT molecular complexity index is 906. The van der Waals surface area contributed by atoms with Crippen LogP contribution >= 0.6 is 0 Å². The van der Waals surface area contributed by atoms with Gasteiger partial charge in [0.05, 0.1) is 28.3 Å². The molecular formula is C26H34BrNO5. The van der Waals surface area contributed by atoms with E-state index in [1.165, 1.54) is 0 Å². The topological polar surface area (TPSA) is 65.0 Å². The van der Waals surface area contributed by atoms with Crippen LogP contribution in [0.2, 0.25) is 0 Å². The molecule has 0 radical (unpaired) electrons. The summed E-state index contributed by atoms with van der Waals surface area (Å²) < 4.78 is 17.3. The number of carbonyl (C=O) groups is 1. The molecule has 2 aliphatic rings. The van der Waals surface area contributed by atoms with Crippen molar-refractivity contribution >= 4 is 5.97 Å². The number of aliphatic hydroxyl groups is 1. The van der Waals surface area contributed by atoms with E-state index in [2.05, 4.69) is 26.2 Å². The van der Waals surface area contributed by atoms with E-state index in [-0.39, 0.29) is 30.5 Å². The van der Waals surface area contributed by atoms with Crippen LogP contribution < -0.4 is 26.5 Å². The zero-order valence-corrected chi connectivity index (χ0v) is 20.4. The van der Waals surface area contributed by atoms with Crippen LogP contribution in [0.1, 0.15) is 31.4 Å². The highest BCUT2D eigenvalue weighted by Gasteiger charge is 2.49. The summed E-state index contributed by atoms with van der Waals surface area (Å²) >= 11 is 0. The Morgan fingerprint density at radius 2 is 1.27 bits per heavy atom. The maximum atomic E-state index is 13.5. The molecule has 1 N–H and O–H groups in total. The highest BCUT2D eigenvalue weighted by molar-refractivity contribution is 5.85. The molecule has 2 aromatic rings. The Labute approximate surface area is 207 Å². The molecule has 0 spiro atoms. The first-order valence-corrected chi connectivity index (χ1v) is 10.5. The van der Waals surface area contributed by atoms with E-state index in [1.807, 2.05) is 0 Å². The second kappa shape index (κ2) is 10.3. The predicted octanol–water partition coefficient (Wildman–Crippen LogP) is 0.669. The van der Waals surface area contributed by atoms with Gasteiger partial charge in [-0.3, -0.25) is 0 Å². The molecule has 2 aliphatic heterocycles. The first-order valence-electron chi connectivity index (χ1n) is 10.5. The van der Waals surface area contributed by atoms with Crippen LogP contribution in [0, 0.1) is 0 Å². The summed E-state index contributed by atoms with van der Waals surface area (Å²) in [6, 6.07) is 14.3. The maximum absolute atomic E-state index is 13.5. The van der Waals surface area contributed by atoms with Crippen molar-refractivity contribution < 1.29 is 45.6 Å². The Morgan fingerprint density at radius 3 is 1.64 bits per heavy atom. The molecule has 0 aliphatic carbocycles. The fourth-order valence-corrected chi connectivity index (χ4v) is 4.68. The number of esters is 1. The first kappa shape index (κ1) is 26.9. The molecule has 3 atom stereocenters. The molecule has 1 saturated heterocycles. The van der Waals surface area contributed by atoms with Gasteiger partial charge in [0.15, 0.2) is 0 Å². The molecule has 0 saturated carbocycles. The van der Waals surface area contributed by atoms with Crippen molar-refractivity contribution in [1.29, 1.82) is 0 Å². The van der Waals surface area contributed by atoms with Crippen LogP contribution in [0.4, 0.5) is 0 Å². The van der Waals surface area contributed by atoms with Crippen molar-refractivity contribution in [1.82, 2.24) is 0 Å². The van der Waals surface area contributed by atoms with Crippen LogP contribution in [-0.4, -0.2) is 62.1 Å². The lowest BCUT2D eigenvalue weighted by Crippen LogP contribution is -3.00. The van der Waals surface area contributed by atoms with Crippen LogP contribution in [-0.2, 0) is 15.1 Å². The van der Waals surface area contributed by atoms with Gasteiger partial charge in [-0.2, -0.15) is 0 Å². The lowest BCUT2D eigenvalue weighted by atomic mass is 9.86. The number of hydrogen-bond donors (Lipinski definition) is 1.